The molecular weight excluding hydrogens is 322 g/mol. The van der Waals surface area contributed by atoms with Crippen molar-refractivity contribution in [1.82, 2.24) is 4.90 Å². The smallest absolute Gasteiger partial charge is 0.238 e. The highest BCUT2D eigenvalue weighted by molar-refractivity contribution is 5.93. The number of nitrogens with zero attached hydrogens (tertiary/aromatic N) is 2. The fraction of sp³-hybridized carbons (Fsp3) is 0.409. The lowest BCUT2D eigenvalue weighted by Gasteiger charge is -2.28. The molecule has 4 nitrogen and oxygen atoms in total. The molecule has 0 aromatic heterocycles. The first kappa shape index (κ1) is 18.5. The zero-order valence-electron chi connectivity index (χ0n) is 16.1. The molecule has 1 N–H and O–H groups in total. The molecule has 0 saturated heterocycles. The van der Waals surface area contributed by atoms with Crippen LogP contribution in [0.2, 0.25) is 0 Å². The molecule has 0 aliphatic carbocycles. The Kier molecular flexibility index (Phi) is 5.94. The van der Waals surface area contributed by atoms with Crippen LogP contribution in [0.1, 0.15) is 30.5 Å². The number of fused-ring (bicyclic) bond motifs is 1. The second kappa shape index (κ2) is 8.37. The Bertz CT molecular complexity index is 768. The van der Waals surface area contributed by atoms with Crippen molar-refractivity contribution in [1.29, 1.82) is 0 Å². The van der Waals surface area contributed by atoms with Gasteiger partial charge in [-0.2, -0.15) is 0 Å². The highest BCUT2D eigenvalue weighted by atomic mass is 16.2. The molecule has 3 rings (SSSR count). The maximum absolute atomic E-state index is 12.5. The van der Waals surface area contributed by atoms with E-state index < -0.39 is 0 Å². The third-order valence-electron chi connectivity index (χ3n) is 5.19. The zero-order valence-corrected chi connectivity index (χ0v) is 16.1. The fourth-order valence-corrected chi connectivity index (χ4v) is 3.66. The Morgan fingerprint density at radius 1 is 1.12 bits per heavy atom. The average molecular weight is 351 g/mol. The van der Waals surface area contributed by atoms with Crippen molar-refractivity contribution in [3.8, 4) is 0 Å². The number of hydrogen-bond donors (Lipinski definition) is 1. The Labute approximate surface area is 156 Å². The van der Waals surface area contributed by atoms with Gasteiger partial charge >= 0.3 is 0 Å². The Morgan fingerprint density at radius 2 is 1.85 bits per heavy atom. The van der Waals surface area contributed by atoms with E-state index in [2.05, 4.69) is 72.3 Å². The molecule has 0 radical (unpaired) electrons. The second-order valence-electron chi connectivity index (χ2n) is 6.95. The van der Waals surface area contributed by atoms with Crippen molar-refractivity contribution in [3.05, 3.63) is 59.2 Å². The largest absolute Gasteiger partial charge is 0.372 e. The highest BCUT2D eigenvalue weighted by Crippen LogP contribution is 2.23. The van der Waals surface area contributed by atoms with Crippen LogP contribution in [0.25, 0.3) is 0 Å². The van der Waals surface area contributed by atoms with Gasteiger partial charge in [-0.25, -0.2) is 0 Å². The van der Waals surface area contributed by atoms with E-state index in [4.69, 9.17) is 0 Å². The minimum absolute atomic E-state index is 0.0584. The van der Waals surface area contributed by atoms with Gasteiger partial charge in [0.15, 0.2) is 0 Å². The van der Waals surface area contributed by atoms with Gasteiger partial charge in [-0.1, -0.05) is 24.3 Å². The molecule has 2 aromatic rings. The predicted molar refractivity (Wildman–Crippen MR) is 109 cm³/mol. The van der Waals surface area contributed by atoms with Crippen LogP contribution in [0.3, 0.4) is 0 Å². The van der Waals surface area contributed by atoms with Gasteiger partial charge in [0.2, 0.25) is 5.91 Å². The number of hydrogen-bond acceptors (Lipinski definition) is 3. The highest BCUT2D eigenvalue weighted by Gasteiger charge is 2.18. The van der Waals surface area contributed by atoms with Crippen molar-refractivity contribution in [2.75, 3.05) is 36.4 Å². The SMILES string of the molecule is CCN(CC)c1ccc(NC(=O)CN2CCc3ccccc3C2)c(C)c1. The maximum Gasteiger partial charge on any atom is 0.238 e. The number of carbonyl (C=O) groups is 1. The molecule has 0 saturated carbocycles. The minimum Gasteiger partial charge on any atom is -0.372 e. The maximum atomic E-state index is 12.5. The third-order valence-corrected chi connectivity index (χ3v) is 5.19. The summed E-state index contributed by atoms with van der Waals surface area (Å²) in [4.78, 5) is 17.0. The van der Waals surface area contributed by atoms with E-state index in [1.54, 1.807) is 0 Å². The van der Waals surface area contributed by atoms with E-state index >= 15 is 0 Å². The van der Waals surface area contributed by atoms with E-state index in [1.807, 2.05) is 6.07 Å². The zero-order chi connectivity index (χ0) is 18.5. The number of aryl methyl sites for hydroxylation is 1. The van der Waals surface area contributed by atoms with E-state index in [1.165, 1.54) is 16.8 Å². The van der Waals surface area contributed by atoms with Gasteiger partial charge in [0.05, 0.1) is 6.54 Å². The van der Waals surface area contributed by atoms with Crippen LogP contribution < -0.4 is 10.2 Å². The van der Waals surface area contributed by atoms with Crippen LogP contribution in [0.4, 0.5) is 11.4 Å². The first-order valence-electron chi connectivity index (χ1n) is 9.55. The molecule has 1 aliphatic heterocycles. The number of anilines is 2. The van der Waals surface area contributed by atoms with Gasteiger partial charge in [-0.05, 0) is 62.1 Å². The molecule has 2 aromatic carbocycles. The fourth-order valence-electron chi connectivity index (χ4n) is 3.66. The number of rotatable bonds is 6. The Hall–Kier alpha value is -2.33. The third kappa shape index (κ3) is 4.25. The summed E-state index contributed by atoms with van der Waals surface area (Å²) in [5, 5.41) is 3.08. The van der Waals surface area contributed by atoms with Crippen LogP contribution in [-0.4, -0.2) is 37.0 Å². The topological polar surface area (TPSA) is 35.6 Å². The average Bonchev–Trinajstić information content (AvgIpc) is 2.65. The van der Waals surface area contributed by atoms with Gasteiger partial charge in [0.25, 0.3) is 0 Å². The summed E-state index contributed by atoms with van der Waals surface area (Å²) in [6, 6.07) is 14.8. The Morgan fingerprint density at radius 3 is 2.54 bits per heavy atom. The van der Waals surface area contributed by atoms with E-state index in [9.17, 15) is 4.79 Å². The standard InChI is InChI=1S/C22H29N3O/c1-4-25(5-2)20-10-11-21(17(3)14-20)23-22(26)16-24-13-12-18-8-6-7-9-19(18)15-24/h6-11,14H,4-5,12-13,15-16H2,1-3H3,(H,23,26). The van der Waals surface area contributed by atoms with Gasteiger partial charge in [-0.15, -0.1) is 0 Å². The van der Waals surface area contributed by atoms with Gasteiger partial charge in [-0.3, -0.25) is 9.69 Å². The molecule has 26 heavy (non-hydrogen) atoms. The molecule has 1 aliphatic rings. The van der Waals surface area contributed by atoms with Crippen molar-refractivity contribution >= 4 is 17.3 Å². The first-order chi connectivity index (χ1) is 12.6. The molecule has 138 valence electrons. The number of benzene rings is 2. The summed E-state index contributed by atoms with van der Waals surface area (Å²) in [5.41, 5.74) is 5.96. The summed E-state index contributed by atoms with van der Waals surface area (Å²) < 4.78 is 0. The second-order valence-corrected chi connectivity index (χ2v) is 6.95. The summed E-state index contributed by atoms with van der Waals surface area (Å²) in [6.45, 7) is 10.6. The van der Waals surface area contributed by atoms with Crippen LogP contribution in [0.5, 0.6) is 0 Å². The predicted octanol–water partition coefficient (Wildman–Crippen LogP) is 3.84. The quantitative estimate of drug-likeness (QED) is 0.859. The summed E-state index contributed by atoms with van der Waals surface area (Å²) in [7, 11) is 0. The van der Waals surface area contributed by atoms with Crippen molar-refractivity contribution < 1.29 is 4.79 Å². The van der Waals surface area contributed by atoms with E-state index in [0.717, 1.165) is 43.9 Å². The summed E-state index contributed by atoms with van der Waals surface area (Å²) in [6.07, 6.45) is 1.01. The van der Waals surface area contributed by atoms with Crippen LogP contribution >= 0.6 is 0 Å². The summed E-state index contributed by atoms with van der Waals surface area (Å²) in [5.74, 6) is 0.0584. The molecule has 0 atom stereocenters. The monoisotopic (exact) mass is 351 g/mol. The van der Waals surface area contributed by atoms with Crippen LogP contribution in [0, 0.1) is 6.92 Å². The lowest BCUT2D eigenvalue weighted by atomic mass is 10.00. The number of amides is 1. The minimum atomic E-state index is 0.0584. The first-order valence-corrected chi connectivity index (χ1v) is 9.55. The van der Waals surface area contributed by atoms with Gasteiger partial charge < -0.3 is 10.2 Å². The normalized spacial score (nSPS) is 14.0. The molecular formula is C22H29N3O. The van der Waals surface area contributed by atoms with Crippen LogP contribution in [0.15, 0.2) is 42.5 Å². The van der Waals surface area contributed by atoms with Crippen LogP contribution in [-0.2, 0) is 17.8 Å². The lowest BCUT2D eigenvalue weighted by molar-refractivity contribution is -0.117. The molecule has 4 heteroatoms. The van der Waals surface area contributed by atoms with Gasteiger partial charge in [0, 0.05) is 37.6 Å². The Balaban J connectivity index is 1.60. The van der Waals surface area contributed by atoms with E-state index in [0.29, 0.717) is 6.54 Å². The summed E-state index contributed by atoms with van der Waals surface area (Å²) >= 11 is 0. The molecule has 1 amide bonds. The molecule has 0 bridgehead atoms. The number of carbonyl (C=O) groups excluding carboxylic acids is 1. The van der Waals surface area contributed by atoms with Crippen molar-refractivity contribution in [2.24, 2.45) is 0 Å². The molecule has 0 unspecified atom stereocenters. The van der Waals surface area contributed by atoms with E-state index in [-0.39, 0.29) is 5.91 Å². The number of nitrogens with one attached hydrogen (secondary N) is 1. The molecule has 0 fully saturated rings. The van der Waals surface area contributed by atoms with Crippen molar-refractivity contribution in [2.45, 2.75) is 33.7 Å². The van der Waals surface area contributed by atoms with Crippen molar-refractivity contribution in [3.63, 3.8) is 0 Å². The molecule has 1 heterocycles. The lowest BCUT2D eigenvalue weighted by Crippen LogP contribution is -2.37. The molecule has 0 spiro atoms. The van der Waals surface area contributed by atoms with Gasteiger partial charge in [0.1, 0.15) is 0 Å².